The second-order valence-corrected chi connectivity index (χ2v) is 6.63. The Kier molecular flexibility index (Phi) is 4.22. The molecular formula is C16H21ClN8. The van der Waals surface area contributed by atoms with Gasteiger partial charge in [0.15, 0.2) is 0 Å². The van der Waals surface area contributed by atoms with Crippen molar-refractivity contribution < 1.29 is 0 Å². The predicted octanol–water partition coefficient (Wildman–Crippen LogP) is 2.55. The summed E-state index contributed by atoms with van der Waals surface area (Å²) in [6.45, 7) is 4.78. The number of hydrogen-bond donors (Lipinski definition) is 3. The molecule has 1 unspecified atom stereocenters. The molecule has 4 rings (SSSR count). The van der Waals surface area contributed by atoms with Gasteiger partial charge < -0.3 is 20.9 Å². The summed E-state index contributed by atoms with van der Waals surface area (Å²) < 4.78 is 3.94. The van der Waals surface area contributed by atoms with Gasteiger partial charge in [-0.15, -0.1) is 0 Å². The van der Waals surface area contributed by atoms with Crippen molar-refractivity contribution in [3.63, 3.8) is 0 Å². The highest BCUT2D eigenvalue weighted by atomic mass is 35.5. The Hall–Kier alpha value is -2.32. The molecule has 0 bridgehead atoms. The third-order valence-corrected chi connectivity index (χ3v) is 4.82. The van der Waals surface area contributed by atoms with Crippen LogP contribution in [0.1, 0.15) is 25.8 Å². The molecule has 0 amide bonds. The molecule has 0 radical (unpaired) electrons. The lowest BCUT2D eigenvalue weighted by Gasteiger charge is -2.24. The zero-order valence-corrected chi connectivity index (χ0v) is 14.8. The van der Waals surface area contributed by atoms with Gasteiger partial charge in [0.1, 0.15) is 11.5 Å². The van der Waals surface area contributed by atoms with E-state index < -0.39 is 0 Å². The molecule has 4 N–H and O–H groups in total. The lowest BCUT2D eigenvalue weighted by molar-refractivity contribution is 0.378. The van der Waals surface area contributed by atoms with Crippen molar-refractivity contribution in [2.24, 2.45) is 0 Å². The number of nitrogens with zero attached hydrogens (tertiary/aromatic N) is 5. The SMILES string of the molecule is CCn1cc(Nc2nc(N)c3c(Cl)cn(C4CCCNC4)c3n2)cn1. The standard InChI is InChI=1S/C16H21ClN8/c1-2-24-8-10(6-20-24)21-16-22-14(18)13-12(17)9-25(15(13)23-16)11-4-3-5-19-7-11/h6,8-9,11,19H,2-5,7H2,1H3,(H3,18,21,22,23). The monoisotopic (exact) mass is 360 g/mol. The molecule has 25 heavy (non-hydrogen) atoms. The first-order valence-electron chi connectivity index (χ1n) is 8.49. The van der Waals surface area contributed by atoms with Crippen molar-refractivity contribution in [1.82, 2.24) is 29.6 Å². The van der Waals surface area contributed by atoms with Crippen molar-refractivity contribution in [3.05, 3.63) is 23.6 Å². The molecule has 4 heterocycles. The summed E-state index contributed by atoms with van der Waals surface area (Å²) >= 11 is 6.40. The number of nitrogen functional groups attached to an aromatic ring is 1. The first kappa shape index (κ1) is 16.2. The van der Waals surface area contributed by atoms with E-state index in [4.69, 9.17) is 17.3 Å². The van der Waals surface area contributed by atoms with Crippen LogP contribution in [-0.4, -0.2) is 37.4 Å². The van der Waals surface area contributed by atoms with Crippen LogP contribution in [0.25, 0.3) is 11.0 Å². The fourth-order valence-corrected chi connectivity index (χ4v) is 3.55. The van der Waals surface area contributed by atoms with Crippen LogP contribution in [-0.2, 0) is 6.54 Å². The molecule has 9 heteroatoms. The number of aryl methyl sites for hydroxylation is 1. The largest absolute Gasteiger partial charge is 0.383 e. The summed E-state index contributed by atoms with van der Waals surface area (Å²) in [7, 11) is 0. The Bertz CT molecular complexity index is 893. The van der Waals surface area contributed by atoms with Gasteiger partial charge in [0, 0.05) is 31.5 Å². The second-order valence-electron chi connectivity index (χ2n) is 6.23. The number of rotatable bonds is 4. The summed E-state index contributed by atoms with van der Waals surface area (Å²) in [6, 6.07) is 0.314. The van der Waals surface area contributed by atoms with Crippen molar-refractivity contribution in [2.45, 2.75) is 32.4 Å². The van der Waals surface area contributed by atoms with E-state index in [2.05, 4.69) is 30.3 Å². The maximum atomic E-state index is 6.40. The average molecular weight is 361 g/mol. The van der Waals surface area contributed by atoms with Crippen LogP contribution < -0.4 is 16.4 Å². The minimum atomic E-state index is 0.314. The number of nitrogens with two attached hydrogens (primary N) is 1. The Morgan fingerprint density at radius 3 is 3.00 bits per heavy atom. The Morgan fingerprint density at radius 2 is 2.28 bits per heavy atom. The fraction of sp³-hybridized carbons (Fsp3) is 0.438. The minimum absolute atomic E-state index is 0.314. The third kappa shape index (κ3) is 3.03. The topological polar surface area (TPSA) is 98.6 Å². The van der Waals surface area contributed by atoms with Gasteiger partial charge in [-0.3, -0.25) is 4.68 Å². The number of nitrogens with one attached hydrogen (secondary N) is 2. The van der Waals surface area contributed by atoms with E-state index in [1.165, 1.54) is 0 Å². The van der Waals surface area contributed by atoms with Crippen LogP contribution >= 0.6 is 11.6 Å². The number of piperidine rings is 1. The van der Waals surface area contributed by atoms with Gasteiger partial charge in [-0.2, -0.15) is 15.1 Å². The van der Waals surface area contributed by atoms with Crippen molar-refractivity contribution in [2.75, 3.05) is 24.1 Å². The molecule has 1 atom stereocenters. The van der Waals surface area contributed by atoms with Gasteiger partial charge >= 0.3 is 0 Å². The van der Waals surface area contributed by atoms with Crippen LogP contribution in [0.15, 0.2) is 18.6 Å². The summed E-state index contributed by atoms with van der Waals surface area (Å²) in [5.74, 6) is 0.823. The molecule has 1 aliphatic heterocycles. The van der Waals surface area contributed by atoms with Gasteiger partial charge in [-0.1, -0.05) is 11.6 Å². The Labute approximate surface area is 150 Å². The van der Waals surface area contributed by atoms with E-state index in [0.29, 0.717) is 28.2 Å². The number of fused-ring (bicyclic) bond motifs is 1. The van der Waals surface area contributed by atoms with Crippen molar-refractivity contribution in [1.29, 1.82) is 0 Å². The fourth-order valence-electron chi connectivity index (χ4n) is 3.26. The van der Waals surface area contributed by atoms with E-state index in [1.807, 2.05) is 24.0 Å². The summed E-state index contributed by atoms with van der Waals surface area (Å²) in [6.07, 6.45) is 7.77. The molecule has 1 saturated heterocycles. The molecule has 0 aliphatic carbocycles. The molecule has 132 valence electrons. The van der Waals surface area contributed by atoms with E-state index in [1.54, 1.807) is 6.20 Å². The molecule has 1 aliphatic rings. The quantitative estimate of drug-likeness (QED) is 0.661. The smallest absolute Gasteiger partial charge is 0.231 e. The van der Waals surface area contributed by atoms with Gasteiger partial charge in [-0.25, -0.2) is 0 Å². The molecule has 3 aromatic heterocycles. The normalized spacial score (nSPS) is 17.9. The van der Waals surface area contributed by atoms with Gasteiger partial charge in [0.05, 0.1) is 22.3 Å². The zero-order valence-electron chi connectivity index (χ0n) is 14.0. The predicted molar refractivity (Wildman–Crippen MR) is 99.3 cm³/mol. The number of hydrogen-bond acceptors (Lipinski definition) is 6. The number of anilines is 3. The van der Waals surface area contributed by atoms with Gasteiger partial charge in [-0.05, 0) is 26.3 Å². The van der Waals surface area contributed by atoms with E-state index >= 15 is 0 Å². The lowest BCUT2D eigenvalue weighted by Crippen LogP contribution is -2.31. The van der Waals surface area contributed by atoms with Crippen LogP contribution in [0.2, 0.25) is 5.02 Å². The molecule has 0 aromatic carbocycles. The van der Waals surface area contributed by atoms with Crippen LogP contribution in [0.4, 0.5) is 17.5 Å². The Balaban J connectivity index is 1.73. The highest BCUT2D eigenvalue weighted by Crippen LogP contribution is 2.33. The lowest BCUT2D eigenvalue weighted by atomic mass is 10.1. The summed E-state index contributed by atoms with van der Waals surface area (Å²) in [5.41, 5.74) is 7.74. The Morgan fingerprint density at radius 1 is 1.40 bits per heavy atom. The molecule has 0 saturated carbocycles. The molecule has 3 aromatic rings. The first-order valence-corrected chi connectivity index (χ1v) is 8.87. The molecule has 8 nitrogen and oxygen atoms in total. The van der Waals surface area contributed by atoms with Crippen LogP contribution in [0.3, 0.4) is 0 Å². The third-order valence-electron chi connectivity index (χ3n) is 4.53. The van der Waals surface area contributed by atoms with E-state index in [9.17, 15) is 0 Å². The van der Waals surface area contributed by atoms with Gasteiger partial charge in [0.2, 0.25) is 5.95 Å². The summed E-state index contributed by atoms with van der Waals surface area (Å²) in [5, 5.41) is 12.1. The number of aromatic nitrogens is 5. The summed E-state index contributed by atoms with van der Waals surface area (Å²) in [4.78, 5) is 9.03. The first-order chi connectivity index (χ1) is 12.2. The van der Waals surface area contributed by atoms with Crippen LogP contribution in [0.5, 0.6) is 0 Å². The van der Waals surface area contributed by atoms with Crippen molar-refractivity contribution in [3.8, 4) is 0 Å². The van der Waals surface area contributed by atoms with E-state index in [0.717, 1.165) is 43.8 Å². The number of halogens is 1. The second kappa shape index (κ2) is 6.53. The molecule has 1 fully saturated rings. The highest BCUT2D eigenvalue weighted by Gasteiger charge is 2.21. The molecule has 0 spiro atoms. The average Bonchev–Trinajstić information content (AvgIpc) is 3.20. The molecular weight excluding hydrogens is 340 g/mol. The maximum Gasteiger partial charge on any atom is 0.231 e. The maximum absolute atomic E-state index is 6.40. The van der Waals surface area contributed by atoms with Crippen LogP contribution in [0, 0.1) is 0 Å². The highest BCUT2D eigenvalue weighted by molar-refractivity contribution is 6.36. The van der Waals surface area contributed by atoms with E-state index in [-0.39, 0.29) is 0 Å². The van der Waals surface area contributed by atoms with Crippen molar-refractivity contribution >= 4 is 40.1 Å². The van der Waals surface area contributed by atoms with Gasteiger partial charge in [0.25, 0.3) is 0 Å². The zero-order chi connectivity index (χ0) is 17.4. The minimum Gasteiger partial charge on any atom is -0.383 e.